The lowest BCUT2D eigenvalue weighted by Crippen LogP contribution is -2.16. The fourth-order valence-electron chi connectivity index (χ4n) is 2.33. The van der Waals surface area contributed by atoms with Gasteiger partial charge in [0.2, 0.25) is 0 Å². The molecule has 25 heavy (non-hydrogen) atoms. The summed E-state index contributed by atoms with van der Waals surface area (Å²) in [4.78, 5) is 12.5. The van der Waals surface area contributed by atoms with Crippen molar-refractivity contribution in [1.82, 2.24) is 0 Å². The molecule has 3 nitrogen and oxygen atoms in total. The number of hydrogen-bond donors (Lipinski definition) is 1. The normalized spacial score (nSPS) is 10.3. The summed E-state index contributed by atoms with van der Waals surface area (Å²) in [6, 6.07) is 20.9. The molecule has 0 bridgehead atoms. The standard InChI is InChI=1S/C20H15BrFNO2/c21-15-10-11-19(18(22)12-15)23-20(24)17-9-5-4-6-14(17)13-25-16-7-2-1-3-8-16/h1-12H,13H2,(H,23,24). The Labute approximate surface area is 153 Å². The Morgan fingerprint density at radius 3 is 2.48 bits per heavy atom. The van der Waals surface area contributed by atoms with Gasteiger partial charge in [-0.25, -0.2) is 4.39 Å². The van der Waals surface area contributed by atoms with Gasteiger partial charge in [0.25, 0.3) is 5.91 Å². The quantitative estimate of drug-likeness (QED) is 0.621. The minimum atomic E-state index is -0.499. The third-order valence-corrected chi connectivity index (χ3v) is 4.07. The molecule has 3 aromatic rings. The summed E-state index contributed by atoms with van der Waals surface area (Å²) in [6.07, 6.45) is 0. The molecule has 0 aliphatic rings. The van der Waals surface area contributed by atoms with Crippen LogP contribution < -0.4 is 10.1 Å². The first-order chi connectivity index (χ1) is 12.1. The Bertz CT molecular complexity index is 884. The molecule has 3 rings (SSSR count). The summed E-state index contributed by atoms with van der Waals surface area (Å²) >= 11 is 3.19. The third kappa shape index (κ3) is 4.45. The number of carbonyl (C=O) groups excluding carboxylic acids is 1. The highest BCUT2D eigenvalue weighted by Crippen LogP contribution is 2.21. The number of ether oxygens (including phenoxy) is 1. The van der Waals surface area contributed by atoms with Crippen LogP contribution >= 0.6 is 15.9 Å². The lowest BCUT2D eigenvalue weighted by Gasteiger charge is -2.12. The van der Waals surface area contributed by atoms with Crippen molar-refractivity contribution in [2.24, 2.45) is 0 Å². The molecule has 1 N–H and O–H groups in total. The van der Waals surface area contributed by atoms with Crippen LogP contribution in [0, 0.1) is 5.82 Å². The van der Waals surface area contributed by atoms with E-state index in [1.165, 1.54) is 12.1 Å². The SMILES string of the molecule is O=C(Nc1ccc(Br)cc1F)c1ccccc1COc1ccccc1. The first kappa shape index (κ1) is 17.2. The van der Waals surface area contributed by atoms with Crippen molar-refractivity contribution < 1.29 is 13.9 Å². The minimum absolute atomic E-state index is 0.131. The van der Waals surface area contributed by atoms with Gasteiger partial charge in [0.05, 0.1) is 5.69 Å². The van der Waals surface area contributed by atoms with Crippen LogP contribution in [0.1, 0.15) is 15.9 Å². The maximum atomic E-state index is 13.9. The highest BCUT2D eigenvalue weighted by Gasteiger charge is 2.13. The number of carbonyl (C=O) groups is 1. The number of nitrogens with one attached hydrogen (secondary N) is 1. The molecular formula is C20H15BrFNO2. The van der Waals surface area contributed by atoms with Crippen LogP contribution in [0.4, 0.5) is 10.1 Å². The first-order valence-corrected chi connectivity index (χ1v) is 8.45. The van der Waals surface area contributed by atoms with Gasteiger partial charge in [0.1, 0.15) is 18.2 Å². The Morgan fingerprint density at radius 1 is 1.00 bits per heavy atom. The van der Waals surface area contributed by atoms with Crippen molar-refractivity contribution in [2.45, 2.75) is 6.61 Å². The van der Waals surface area contributed by atoms with Crippen molar-refractivity contribution in [3.05, 3.63) is 94.2 Å². The summed E-state index contributed by atoms with van der Waals surface area (Å²) in [7, 11) is 0. The average Bonchev–Trinajstić information content (AvgIpc) is 2.63. The van der Waals surface area contributed by atoms with Crippen LogP contribution in [0.2, 0.25) is 0 Å². The van der Waals surface area contributed by atoms with E-state index in [0.29, 0.717) is 10.0 Å². The summed E-state index contributed by atoms with van der Waals surface area (Å²) in [5.74, 6) is -0.161. The number of anilines is 1. The second-order valence-corrected chi connectivity index (χ2v) is 6.25. The van der Waals surface area contributed by atoms with Crippen molar-refractivity contribution in [2.75, 3.05) is 5.32 Å². The maximum absolute atomic E-state index is 13.9. The van der Waals surface area contributed by atoms with Crippen molar-refractivity contribution >= 4 is 27.5 Å². The van der Waals surface area contributed by atoms with E-state index >= 15 is 0 Å². The molecule has 0 unspecified atom stereocenters. The number of para-hydroxylation sites is 1. The van der Waals surface area contributed by atoms with Gasteiger partial charge in [0.15, 0.2) is 0 Å². The topological polar surface area (TPSA) is 38.3 Å². The van der Waals surface area contributed by atoms with E-state index in [0.717, 1.165) is 11.3 Å². The molecule has 0 spiro atoms. The van der Waals surface area contributed by atoms with Gasteiger partial charge in [-0.2, -0.15) is 0 Å². The van der Waals surface area contributed by atoms with Crippen LogP contribution in [0.3, 0.4) is 0 Å². The van der Waals surface area contributed by atoms with E-state index < -0.39 is 5.82 Å². The Kier molecular flexibility index (Phi) is 5.46. The Morgan fingerprint density at radius 2 is 1.72 bits per heavy atom. The number of hydrogen-bond acceptors (Lipinski definition) is 2. The summed E-state index contributed by atoms with van der Waals surface area (Å²) in [5, 5.41) is 2.60. The zero-order valence-corrected chi connectivity index (χ0v) is 14.8. The van der Waals surface area contributed by atoms with Crippen LogP contribution in [0.5, 0.6) is 5.75 Å². The Hall–Kier alpha value is -2.66. The molecule has 0 atom stereocenters. The number of amides is 1. The predicted octanol–water partition coefficient (Wildman–Crippen LogP) is 5.42. The van der Waals surface area contributed by atoms with E-state index in [-0.39, 0.29) is 18.2 Å². The zero-order valence-electron chi connectivity index (χ0n) is 13.2. The third-order valence-electron chi connectivity index (χ3n) is 3.58. The van der Waals surface area contributed by atoms with E-state index in [4.69, 9.17) is 4.74 Å². The van der Waals surface area contributed by atoms with E-state index in [1.54, 1.807) is 18.2 Å². The van der Waals surface area contributed by atoms with E-state index in [9.17, 15) is 9.18 Å². The molecule has 0 saturated carbocycles. The lowest BCUT2D eigenvalue weighted by atomic mass is 10.1. The largest absolute Gasteiger partial charge is 0.489 e. The second kappa shape index (κ2) is 7.94. The molecule has 0 heterocycles. The molecule has 1 amide bonds. The minimum Gasteiger partial charge on any atom is -0.489 e. The molecule has 0 aromatic heterocycles. The molecule has 5 heteroatoms. The van der Waals surface area contributed by atoms with Crippen LogP contribution in [-0.2, 0) is 6.61 Å². The molecule has 0 aliphatic heterocycles. The first-order valence-electron chi connectivity index (χ1n) is 7.65. The summed E-state index contributed by atoms with van der Waals surface area (Å²) in [5.41, 5.74) is 1.30. The van der Waals surface area contributed by atoms with Gasteiger partial charge in [-0.1, -0.05) is 52.3 Å². The molecule has 0 radical (unpaired) electrons. The highest BCUT2D eigenvalue weighted by molar-refractivity contribution is 9.10. The van der Waals surface area contributed by atoms with Crippen LogP contribution in [0.25, 0.3) is 0 Å². The highest BCUT2D eigenvalue weighted by atomic mass is 79.9. The molecular weight excluding hydrogens is 385 g/mol. The van der Waals surface area contributed by atoms with E-state index in [1.807, 2.05) is 42.5 Å². The lowest BCUT2D eigenvalue weighted by molar-refractivity contribution is 0.102. The van der Waals surface area contributed by atoms with Crippen molar-refractivity contribution in [1.29, 1.82) is 0 Å². The zero-order chi connectivity index (χ0) is 17.6. The smallest absolute Gasteiger partial charge is 0.256 e. The van der Waals surface area contributed by atoms with Crippen LogP contribution in [-0.4, -0.2) is 5.91 Å². The van der Waals surface area contributed by atoms with Gasteiger partial charge in [-0.3, -0.25) is 4.79 Å². The number of benzene rings is 3. The number of rotatable bonds is 5. The molecule has 0 fully saturated rings. The molecule has 3 aromatic carbocycles. The average molecular weight is 400 g/mol. The van der Waals surface area contributed by atoms with E-state index in [2.05, 4.69) is 21.2 Å². The fraction of sp³-hybridized carbons (Fsp3) is 0.0500. The van der Waals surface area contributed by atoms with Gasteiger partial charge in [-0.15, -0.1) is 0 Å². The molecule has 0 saturated heterocycles. The van der Waals surface area contributed by atoms with Crippen LogP contribution in [0.15, 0.2) is 77.3 Å². The monoisotopic (exact) mass is 399 g/mol. The van der Waals surface area contributed by atoms with Gasteiger partial charge in [0, 0.05) is 15.6 Å². The van der Waals surface area contributed by atoms with Gasteiger partial charge in [-0.05, 0) is 36.4 Å². The predicted molar refractivity (Wildman–Crippen MR) is 99.3 cm³/mol. The number of halogens is 2. The Balaban J connectivity index is 1.76. The fourth-order valence-corrected chi connectivity index (χ4v) is 2.66. The second-order valence-electron chi connectivity index (χ2n) is 5.34. The maximum Gasteiger partial charge on any atom is 0.256 e. The summed E-state index contributed by atoms with van der Waals surface area (Å²) < 4.78 is 20.3. The van der Waals surface area contributed by atoms with Crippen molar-refractivity contribution in [3.8, 4) is 5.75 Å². The van der Waals surface area contributed by atoms with Gasteiger partial charge < -0.3 is 10.1 Å². The summed E-state index contributed by atoms with van der Waals surface area (Å²) in [6.45, 7) is 0.246. The van der Waals surface area contributed by atoms with Crippen molar-refractivity contribution in [3.63, 3.8) is 0 Å². The van der Waals surface area contributed by atoms with Gasteiger partial charge >= 0.3 is 0 Å². The molecule has 0 aliphatic carbocycles. The molecule has 126 valence electrons.